The molecule has 10 aliphatic rings. The van der Waals surface area contributed by atoms with Crippen LogP contribution < -0.4 is 63.4 Å². The van der Waals surface area contributed by atoms with Gasteiger partial charge in [-0.1, -0.05) is 0 Å². The number of carbonyl (C=O) groups excluding carboxylic acids is 12. The number of anilines is 7. The highest BCUT2D eigenvalue weighted by Crippen LogP contribution is 2.48. The molecule has 119 heavy (non-hydrogen) atoms. The summed E-state index contributed by atoms with van der Waals surface area (Å²) in [4.78, 5) is 175. The first-order valence-corrected chi connectivity index (χ1v) is 44.0. The Morgan fingerprint density at radius 2 is 0.882 bits per heavy atom. The van der Waals surface area contributed by atoms with E-state index in [2.05, 4.69) is 67.0 Å². The van der Waals surface area contributed by atoms with Crippen molar-refractivity contribution < 1.29 is 78.8 Å². The van der Waals surface area contributed by atoms with Crippen LogP contribution in [0.3, 0.4) is 0 Å². The number of hydrogen-bond acceptors (Lipinski definition) is 26. The molecule has 0 radical (unpaired) electrons. The van der Waals surface area contributed by atoms with Crippen LogP contribution in [0.4, 0.5) is 44.7 Å². The summed E-state index contributed by atoms with van der Waals surface area (Å²) < 4.78 is 60.5. The number of nitrogens with one attached hydrogen (secondary N) is 7. The summed E-state index contributed by atoms with van der Waals surface area (Å²) in [5.41, 5.74) is 14.1. The third-order valence-corrected chi connectivity index (χ3v) is 27.0. The van der Waals surface area contributed by atoms with Crippen molar-refractivity contribution in [3.63, 3.8) is 0 Å². The molecular weight excluding hydrogens is 1580 g/mol. The molecule has 11 N–H and O–H groups in total. The molecule has 37 heteroatoms. The number of carbonyl (C=O) groups is 12. The standard InChI is InChI=1S/C41H47N9O8S.C28H39N7O4S.C13H9FN2O4/c1-59(57,58)28-7-4-25(5-8-28)44-36-34(35(42)52)43-22-32(46-36)49-18-2-3-26(23-49)45-37(53)24-12-14-41(15-13-24)16-19-48(20-17-41)27-6-9-29-30(21-27)40(56)50(39(29)55)31-10-11-33(51)47-38(31)54;1-40(38,39)22-6-4-20(5-7-22)32-26-24(25(29)36)31-17-23(34-26)35-16-2-3-21(18-35)33-27(37)19-8-10-28(11-9-19)12-14-30-15-13-28;14-6-1-2-7-8(5-6)13(20)16(12(7)19)9-3-4-10(17)15-11(9)18/h4-9,21-22,24,26,31H,2-3,10-20,23H2,1H3,(H2,42,52)(H,44,46)(H,45,53)(H,47,51,54);4-7,17,19,21,30H,2-3,8-16,18H2,1H3,(H2,29,36)(H,32,34)(H,33,37);1-2,5,9H,3-4H2,(H,15,17,18)/t26-,31?;21-;/m11./s1. The lowest BCUT2D eigenvalue weighted by molar-refractivity contribution is -0.137. The summed E-state index contributed by atoms with van der Waals surface area (Å²) in [5.74, 6) is -5.02. The summed E-state index contributed by atoms with van der Waals surface area (Å²) in [6, 6.07) is 18.6. The Morgan fingerprint density at radius 1 is 0.479 bits per heavy atom. The van der Waals surface area contributed by atoms with Crippen LogP contribution in [0.5, 0.6) is 0 Å². The third-order valence-electron chi connectivity index (χ3n) is 24.8. The van der Waals surface area contributed by atoms with E-state index in [0.717, 1.165) is 163 Å². The van der Waals surface area contributed by atoms with Crippen molar-refractivity contribution in [1.29, 1.82) is 0 Å². The molecule has 6 saturated heterocycles. The Labute approximate surface area is 685 Å². The molecule has 34 nitrogen and oxygen atoms in total. The number of nitrogens with two attached hydrogens (primary N) is 2. The largest absolute Gasteiger partial charge is 0.371 e. The summed E-state index contributed by atoms with van der Waals surface area (Å²) >= 11 is 0. The molecule has 2 unspecified atom stereocenters. The molecule has 2 saturated carbocycles. The fourth-order valence-corrected chi connectivity index (χ4v) is 19.2. The van der Waals surface area contributed by atoms with Gasteiger partial charge in [-0.3, -0.25) is 78.0 Å². The first-order valence-electron chi connectivity index (χ1n) is 40.2. The summed E-state index contributed by atoms with van der Waals surface area (Å²) in [5, 5.41) is 20.5. The SMILES string of the molecule is CS(=O)(=O)c1ccc(Nc2nc(N3CCC[C@@H](NC(=O)C4CCC5(CC4)CCN(c4ccc6c(c4)C(=O)N(C4CCC(=O)NC4=O)C6=O)CC5)C3)cnc2C(N)=O)cc1.CS(=O)(=O)c1ccc(Nc2nc(N3CCC[C@@H](NC(=O)C4CCC5(CCNCC5)CC4)C3)cnc2C(N)=O)cc1.O=C1CCC(N2C(=O)c3ccc(F)cc3C2=O)C(=O)N1. The van der Waals surface area contributed by atoms with Crippen molar-refractivity contribution >= 4 is 131 Å². The lowest BCUT2D eigenvalue weighted by Gasteiger charge is -2.46. The molecule has 10 heterocycles. The molecule has 2 spiro atoms. The number of benzene rings is 4. The quantitative estimate of drug-likeness (QED) is 0.0524. The van der Waals surface area contributed by atoms with Gasteiger partial charge in [-0.2, -0.15) is 0 Å². The van der Waals surface area contributed by atoms with Crippen LogP contribution in [0.15, 0.2) is 107 Å². The number of rotatable bonds is 17. The van der Waals surface area contributed by atoms with Crippen LogP contribution in [0.25, 0.3) is 0 Å². The van der Waals surface area contributed by atoms with Gasteiger partial charge >= 0.3 is 0 Å². The number of fused-ring (bicyclic) bond motifs is 2. The molecular formula is C82H95FN18O16S2. The van der Waals surface area contributed by atoms with Gasteiger partial charge < -0.3 is 52.8 Å². The van der Waals surface area contributed by atoms with E-state index in [9.17, 15) is 78.8 Å². The molecule has 4 aromatic carbocycles. The van der Waals surface area contributed by atoms with Crippen molar-refractivity contribution in [3.8, 4) is 0 Å². The van der Waals surface area contributed by atoms with Crippen LogP contribution in [0.1, 0.15) is 191 Å². The minimum atomic E-state index is -3.38. The molecule has 0 bridgehead atoms. The van der Waals surface area contributed by atoms with Crippen LogP contribution in [-0.2, 0) is 48.4 Å². The zero-order valence-corrected chi connectivity index (χ0v) is 67.5. The minimum absolute atomic E-state index is 0.00794. The highest BCUT2D eigenvalue weighted by molar-refractivity contribution is 7.91. The predicted molar refractivity (Wildman–Crippen MR) is 432 cm³/mol. The molecule has 628 valence electrons. The summed E-state index contributed by atoms with van der Waals surface area (Å²) in [7, 11) is -6.71. The monoisotopic (exact) mass is 1670 g/mol. The normalized spacial score (nSPS) is 22.5. The Morgan fingerprint density at radius 3 is 1.29 bits per heavy atom. The van der Waals surface area contributed by atoms with Crippen molar-refractivity contribution in [2.24, 2.45) is 34.1 Å². The maximum atomic E-state index is 13.6. The van der Waals surface area contributed by atoms with E-state index in [1.807, 2.05) is 11.0 Å². The zero-order chi connectivity index (χ0) is 84.4. The molecule has 12 amide bonds. The van der Waals surface area contributed by atoms with Crippen molar-refractivity contribution in [3.05, 3.63) is 137 Å². The first kappa shape index (κ1) is 83.8. The highest BCUT2D eigenvalue weighted by Gasteiger charge is 2.48. The highest BCUT2D eigenvalue weighted by atomic mass is 32.2. The molecule has 2 aliphatic carbocycles. The van der Waals surface area contributed by atoms with Crippen LogP contribution in [0.2, 0.25) is 0 Å². The summed E-state index contributed by atoms with van der Waals surface area (Å²) in [6.45, 7) is 6.28. The number of aromatic nitrogens is 4. The Balaban J connectivity index is 0.000000165. The van der Waals surface area contributed by atoms with E-state index in [1.165, 1.54) is 55.6 Å². The van der Waals surface area contributed by atoms with Gasteiger partial charge in [-0.05, 0) is 224 Å². The molecule has 8 aliphatic heterocycles. The molecule has 16 rings (SSSR count). The van der Waals surface area contributed by atoms with E-state index < -0.39 is 96.6 Å². The zero-order valence-electron chi connectivity index (χ0n) is 65.9. The smallest absolute Gasteiger partial charge is 0.271 e. The van der Waals surface area contributed by atoms with E-state index in [-0.39, 0.29) is 122 Å². The Hall–Kier alpha value is -11.7. The first-order chi connectivity index (χ1) is 56.8. The number of primary amides is 2. The summed E-state index contributed by atoms with van der Waals surface area (Å²) in [6.07, 6.45) is 21.1. The van der Waals surface area contributed by atoms with Gasteiger partial charge in [0.05, 0.1) is 44.4 Å². The van der Waals surface area contributed by atoms with Gasteiger partial charge in [-0.15, -0.1) is 0 Å². The Bertz CT molecular complexity index is 5300. The average molecular weight is 1670 g/mol. The van der Waals surface area contributed by atoms with Crippen LogP contribution in [-0.4, -0.2) is 206 Å². The number of sulfone groups is 2. The van der Waals surface area contributed by atoms with Gasteiger partial charge in [0.2, 0.25) is 35.4 Å². The number of amides is 12. The van der Waals surface area contributed by atoms with Crippen LogP contribution in [0, 0.1) is 28.5 Å². The van der Waals surface area contributed by atoms with Crippen molar-refractivity contribution in [2.75, 3.05) is 90.2 Å². The third kappa shape index (κ3) is 18.7. The number of hydrogen-bond donors (Lipinski definition) is 9. The lowest BCUT2D eigenvalue weighted by Crippen LogP contribution is -2.54. The Kier molecular flexibility index (Phi) is 24.4. The van der Waals surface area contributed by atoms with E-state index in [0.29, 0.717) is 48.1 Å². The number of imide groups is 4. The van der Waals surface area contributed by atoms with Gasteiger partial charge in [-0.25, -0.2) is 41.2 Å². The number of piperidine rings is 6. The van der Waals surface area contributed by atoms with E-state index in [1.54, 1.807) is 36.4 Å². The fraction of sp³-hybridized carbons (Fsp3) is 0.463. The minimum Gasteiger partial charge on any atom is -0.371 e. The molecule has 6 aromatic rings. The van der Waals surface area contributed by atoms with Gasteiger partial charge in [0, 0.05) is 106 Å². The van der Waals surface area contributed by atoms with Gasteiger partial charge in [0.15, 0.2) is 42.7 Å². The molecule has 4 atom stereocenters. The maximum Gasteiger partial charge on any atom is 0.271 e. The van der Waals surface area contributed by atoms with Crippen molar-refractivity contribution in [1.82, 2.24) is 56.3 Å². The molecule has 8 fully saturated rings. The van der Waals surface area contributed by atoms with E-state index in [4.69, 9.17) is 11.5 Å². The van der Waals surface area contributed by atoms with Crippen LogP contribution >= 0.6 is 0 Å². The van der Waals surface area contributed by atoms with Gasteiger partial charge in [0.25, 0.3) is 35.4 Å². The van der Waals surface area contributed by atoms with Crippen molar-refractivity contribution in [2.45, 2.75) is 162 Å². The second-order valence-corrected chi connectivity index (χ2v) is 36.6. The maximum absolute atomic E-state index is 13.6. The predicted octanol–water partition coefficient (Wildman–Crippen LogP) is 5.28. The van der Waals surface area contributed by atoms with E-state index >= 15 is 0 Å². The van der Waals surface area contributed by atoms with Gasteiger partial charge in [0.1, 0.15) is 29.5 Å². The number of halogens is 1. The second kappa shape index (κ2) is 34.7. The lowest BCUT2D eigenvalue weighted by atomic mass is 9.65. The second-order valence-electron chi connectivity index (χ2n) is 32.6. The molecule has 2 aromatic heterocycles. The average Bonchev–Trinajstić information content (AvgIpc) is 1.62. The topological polar surface area (TPSA) is 477 Å². The number of nitrogens with zero attached hydrogens (tertiary/aromatic N) is 9. The fourth-order valence-electron chi connectivity index (χ4n) is 18.0.